The maximum atomic E-state index is 12.7. The second kappa shape index (κ2) is 7.12. The Bertz CT molecular complexity index is 780. The summed E-state index contributed by atoms with van der Waals surface area (Å²) >= 11 is 0. The molecule has 7 nitrogen and oxygen atoms in total. The summed E-state index contributed by atoms with van der Waals surface area (Å²) in [5.74, 6) is -0.863. The number of rotatable bonds is 3. The third-order valence-electron chi connectivity index (χ3n) is 3.45. The maximum Gasteiger partial charge on any atom is 0.272 e. The molecule has 0 aliphatic carbocycles. The Morgan fingerprint density at radius 3 is 2.00 bits per heavy atom. The van der Waals surface area contributed by atoms with E-state index in [1.165, 1.54) is 29.3 Å². The van der Waals surface area contributed by atoms with Crippen molar-refractivity contribution in [2.75, 3.05) is 0 Å². The minimum absolute atomic E-state index is 0.107. The van der Waals surface area contributed by atoms with E-state index in [0.717, 1.165) is 0 Å². The molecule has 2 aromatic carbocycles. The Morgan fingerprint density at radius 2 is 1.52 bits per heavy atom. The Morgan fingerprint density at radius 1 is 0.960 bits per heavy atom. The first-order chi connectivity index (χ1) is 11.7. The van der Waals surface area contributed by atoms with E-state index in [4.69, 9.17) is 0 Å². The summed E-state index contributed by atoms with van der Waals surface area (Å²) in [5, 5.41) is 11.9. The SMILES string of the molecule is CC(C)(C)N(NC(=O)c1ccc([N+](=O)[O-])cc1)C(=O)c1ccccc1. The quantitative estimate of drug-likeness (QED) is 0.685. The van der Waals surface area contributed by atoms with Crippen LogP contribution in [0.3, 0.4) is 0 Å². The van der Waals surface area contributed by atoms with Crippen LogP contribution in [-0.2, 0) is 0 Å². The zero-order chi connectivity index (χ0) is 18.6. The van der Waals surface area contributed by atoms with Crippen molar-refractivity contribution < 1.29 is 14.5 Å². The van der Waals surface area contributed by atoms with Gasteiger partial charge in [-0.3, -0.25) is 25.1 Å². The van der Waals surface area contributed by atoms with Gasteiger partial charge >= 0.3 is 0 Å². The van der Waals surface area contributed by atoms with Crippen LogP contribution in [0, 0.1) is 10.1 Å². The maximum absolute atomic E-state index is 12.7. The number of non-ortho nitro benzene ring substituents is 1. The number of nitrogens with zero attached hydrogens (tertiary/aromatic N) is 2. The van der Waals surface area contributed by atoms with Crippen molar-refractivity contribution >= 4 is 17.5 Å². The van der Waals surface area contributed by atoms with Gasteiger partial charge in [-0.2, -0.15) is 0 Å². The predicted octanol–water partition coefficient (Wildman–Crippen LogP) is 3.18. The molecule has 0 spiro atoms. The van der Waals surface area contributed by atoms with Gasteiger partial charge in [0.15, 0.2) is 0 Å². The Kier molecular flexibility index (Phi) is 5.17. The summed E-state index contributed by atoms with van der Waals surface area (Å²) in [6, 6.07) is 13.8. The normalized spacial score (nSPS) is 10.8. The number of carbonyl (C=O) groups excluding carboxylic acids is 2. The zero-order valence-corrected chi connectivity index (χ0v) is 14.2. The average Bonchev–Trinajstić information content (AvgIpc) is 2.58. The number of nitro groups is 1. The first kappa shape index (κ1) is 18.1. The van der Waals surface area contributed by atoms with E-state index in [1.54, 1.807) is 51.1 Å². The molecule has 0 aliphatic heterocycles. The topological polar surface area (TPSA) is 92.6 Å². The molecule has 1 N–H and O–H groups in total. The molecule has 0 saturated carbocycles. The lowest BCUT2D eigenvalue weighted by atomic mass is 10.1. The Hall–Kier alpha value is -3.22. The first-order valence-electron chi connectivity index (χ1n) is 7.65. The van der Waals surface area contributed by atoms with Crippen molar-refractivity contribution in [1.29, 1.82) is 0 Å². The largest absolute Gasteiger partial charge is 0.272 e. The smallest absolute Gasteiger partial charge is 0.267 e. The Balaban J connectivity index is 2.24. The number of hydrazine groups is 1. The zero-order valence-electron chi connectivity index (χ0n) is 14.2. The van der Waals surface area contributed by atoms with Gasteiger partial charge in [0.05, 0.1) is 10.5 Å². The predicted molar refractivity (Wildman–Crippen MR) is 92.9 cm³/mol. The minimum Gasteiger partial charge on any atom is -0.267 e. The van der Waals surface area contributed by atoms with Crippen LogP contribution in [0.25, 0.3) is 0 Å². The molecule has 0 heterocycles. The van der Waals surface area contributed by atoms with Gasteiger partial charge in [-0.1, -0.05) is 18.2 Å². The van der Waals surface area contributed by atoms with Gasteiger partial charge in [-0.15, -0.1) is 0 Å². The van der Waals surface area contributed by atoms with Gasteiger partial charge in [0.25, 0.3) is 17.5 Å². The molecule has 0 aromatic heterocycles. The number of hydrogen-bond acceptors (Lipinski definition) is 4. The standard InChI is InChI=1S/C18H19N3O4/c1-18(2,3)20(17(23)14-7-5-4-6-8-14)19-16(22)13-9-11-15(12-10-13)21(24)25/h4-12H,1-3H3,(H,19,22). The van der Waals surface area contributed by atoms with Gasteiger partial charge in [0.2, 0.25) is 0 Å². The lowest BCUT2D eigenvalue weighted by Crippen LogP contribution is -2.55. The fraction of sp³-hybridized carbons (Fsp3) is 0.222. The van der Waals surface area contributed by atoms with Crippen molar-refractivity contribution in [3.63, 3.8) is 0 Å². The third kappa shape index (κ3) is 4.41. The van der Waals surface area contributed by atoms with Crippen LogP contribution < -0.4 is 5.43 Å². The fourth-order valence-corrected chi connectivity index (χ4v) is 2.13. The van der Waals surface area contributed by atoms with Gasteiger partial charge in [-0.05, 0) is 45.0 Å². The van der Waals surface area contributed by atoms with Crippen LogP contribution in [0.2, 0.25) is 0 Å². The number of amides is 2. The van der Waals surface area contributed by atoms with Crippen LogP contribution in [0.1, 0.15) is 41.5 Å². The Labute approximate surface area is 145 Å². The van der Waals surface area contributed by atoms with Crippen molar-refractivity contribution in [2.24, 2.45) is 0 Å². The molecule has 2 rings (SSSR count). The van der Waals surface area contributed by atoms with Crippen LogP contribution >= 0.6 is 0 Å². The van der Waals surface area contributed by atoms with Gasteiger partial charge in [0, 0.05) is 23.3 Å². The van der Waals surface area contributed by atoms with Crippen molar-refractivity contribution in [3.8, 4) is 0 Å². The van der Waals surface area contributed by atoms with E-state index in [0.29, 0.717) is 5.56 Å². The highest BCUT2D eigenvalue weighted by Crippen LogP contribution is 2.17. The number of hydrogen-bond donors (Lipinski definition) is 1. The van der Waals surface area contributed by atoms with E-state index < -0.39 is 16.4 Å². The number of benzene rings is 2. The number of carbonyl (C=O) groups is 2. The van der Waals surface area contributed by atoms with Gasteiger partial charge < -0.3 is 0 Å². The minimum atomic E-state index is -0.663. The van der Waals surface area contributed by atoms with E-state index in [1.807, 2.05) is 0 Å². The third-order valence-corrected chi connectivity index (χ3v) is 3.45. The van der Waals surface area contributed by atoms with E-state index in [2.05, 4.69) is 5.43 Å². The first-order valence-corrected chi connectivity index (χ1v) is 7.65. The molecular formula is C18H19N3O4. The summed E-state index contributed by atoms with van der Waals surface area (Å²) in [6.45, 7) is 5.39. The van der Waals surface area contributed by atoms with Gasteiger partial charge in [0.1, 0.15) is 0 Å². The molecule has 2 amide bonds. The molecule has 25 heavy (non-hydrogen) atoms. The monoisotopic (exact) mass is 341 g/mol. The summed E-state index contributed by atoms with van der Waals surface area (Å²) in [5.41, 5.74) is 2.49. The van der Waals surface area contributed by atoms with E-state index in [-0.39, 0.29) is 17.2 Å². The molecule has 0 unspecified atom stereocenters. The van der Waals surface area contributed by atoms with E-state index in [9.17, 15) is 19.7 Å². The summed E-state index contributed by atoms with van der Waals surface area (Å²) in [4.78, 5) is 35.3. The highest BCUT2D eigenvalue weighted by molar-refractivity contribution is 5.99. The lowest BCUT2D eigenvalue weighted by Gasteiger charge is -2.35. The van der Waals surface area contributed by atoms with Crippen LogP contribution in [-0.4, -0.2) is 27.3 Å². The van der Waals surface area contributed by atoms with Crippen molar-refractivity contribution in [3.05, 3.63) is 75.8 Å². The summed E-state index contributed by atoms with van der Waals surface area (Å²) in [7, 11) is 0. The number of nitro benzene ring substituents is 1. The molecule has 0 fully saturated rings. The molecule has 0 radical (unpaired) electrons. The molecule has 0 bridgehead atoms. The van der Waals surface area contributed by atoms with Crippen LogP contribution in [0.15, 0.2) is 54.6 Å². The van der Waals surface area contributed by atoms with Crippen molar-refractivity contribution in [1.82, 2.24) is 10.4 Å². The number of nitrogens with one attached hydrogen (secondary N) is 1. The second-order valence-corrected chi connectivity index (χ2v) is 6.42. The lowest BCUT2D eigenvalue weighted by molar-refractivity contribution is -0.384. The van der Waals surface area contributed by atoms with Crippen molar-refractivity contribution in [2.45, 2.75) is 26.3 Å². The summed E-state index contributed by atoms with van der Waals surface area (Å²) in [6.07, 6.45) is 0. The highest BCUT2D eigenvalue weighted by Gasteiger charge is 2.29. The molecule has 0 aliphatic rings. The fourth-order valence-electron chi connectivity index (χ4n) is 2.13. The summed E-state index contributed by atoms with van der Waals surface area (Å²) < 4.78 is 0. The molecule has 130 valence electrons. The molecule has 0 saturated heterocycles. The highest BCUT2D eigenvalue weighted by atomic mass is 16.6. The van der Waals surface area contributed by atoms with E-state index >= 15 is 0 Å². The second-order valence-electron chi connectivity index (χ2n) is 6.42. The van der Waals surface area contributed by atoms with Gasteiger partial charge in [-0.25, -0.2) is 5.01 Å². The van der Waals surface area contributed by atoms with Crippen LogP contribution in [0.5, 0.6) is 0 Å². The molecule has 7 heteroatoms. The molecule has 0 atom stereocenters. The average molecular weight is 341 g/mol. The molecular weight excluding hydrogens is 322 g/mol. The van der Waals surface area contributed by atoms with Crippen LogP contribution in [0.4, 0.5) is 5.69 Å². The molecule has 2 aromatic rings.